The second-order valence-corrected chi connectivity index (χ2v) is 3.67. The Balaban J connectivity index is 2.81. The van der Waals surface area contributed by atoms with E-state index in [0.717, 1.165) is 0 Å². The van der Waals surface area contributed by atoms with Crippen LogP contribution in [0.3, 0.4) is 0 Å². The highest BCUT2D eigenvalue weighted by Crippen LogP contribution is 2.26. The zero-order chi connectivity index (χ0) is 10.3. The highest BCUT2D eigenvalue weighted by atomic mass is 79.9. The van der Waals surface area contributed by atoms with Crippen LogP contribution in [0.15, 0.2) is 16.9 Å². The summed E-state index contributed by atoms with van der Waals surface area (Å²) in [6.45, 7) is 0. The summed E-state index contributed by atoms with van der Waals surface area (Å²) < 4.78 is 27.0. The Hall–Kier alpha value is -1.04. The summed E-state index contributed by atoms with van der Waals surface area (Å²) in [5, 5.41) is 0. The van der Waals surface area contributed by atoms with Crippen molar-refractivity contribution in [2.75, 3.05) is 0 Å². The molecule has 0 aliphatic rings. The quantitative estimate of drug-likeness (QED) is 0.791. The van der Waals surface area contributed by atoms with Gasteiger partial charge in [0.25, 0.3) is 6.43 Å². The van der Waals surface area contributed by atoms with E-state index in [1.807, 2.05) is 0 Å². The van der Waals surface area contributed by atoms with E-state index < -0.39 is 6.43 Å². The molecule has 0 saturated carbocycles. The lowest BCUT2D eigenvalue weighted by molar-refractivity contribution is 0.137. The average Bonchev–Trinajstić information content (AvgIpc) is 2.45. The first kappa shape index (κ1) is 9.51. The number of alkyl halides is 2. The molecule has 2 aromatic heterocycles. The highest BCUT2D eigenvalue weighted by Gasteiger charge is 2.17. The van der Waals surface area contributed by atoms with Gasteiger partial charge < -0.3 is 4.57 Å². The minimum atomic E-state index is -2.57. The lowest BCUT2D eigenvalue weighted by Crippen LogP contribution is -1.97. The number of imidazole rings is 1. The van der Waals surface area contributed by atoms with E-state index in [1.54, 1.807) is 13.2 Å². The van der Waals surface area contributed by atoms with Gasteiger partial charge in [0.1, 0.15) is 5.52 Å². The number of fused-ring (bicyclic) bond motifs is 1. The molecule has 0 fully saturated rings. The molecule has 0 aliphatic carbocycles. The van der Waals surface area contributed by atoms with E-state index in [2.05, 4.69) is 25.9 Å². The van der Waals surface area contributed by atoms with Crippen LogP contribution in [0.25, 0.3) is 11.0 Å². The summed E-state index contributed by atoms with van der Waals surface area (Å²) in [6.07, 6.45) is 0.449. The second kappa shape index (κ2) is 3.27. The molecule has 0 N–H and O–H groups in total. The number of pyridine rings is 1. The van der Waals surface area contributed by atoms with Crippen molar-refractivity contribution in [1.82, 2.24) is 14.5 Å². The van der Waals surface area contributed by atoms with E-state index >= 15 is 0 Å². The van der Waals surface area contributed by atoms with Crippen LogP contribution in [0.2, 0.25) is 0 Å². The number of nitrogens with zero attached hydrogens (tertiary/aromatic N) is 3. The maximum atomic E-state index is 12.5. The van der Waals surface area contributed by atoms with Crippen molar-refractivity contribution in [2.45, 2.75) is 6.43 Å². The monoisotopic (exact) mass is 261 g/mol. The Kier molecular flexibility index (Phi) is 2.22. The van der Waals surface area contributed by atoms with Crippen LogP contribution in [-0.2, 0) is 7.05 Å². The first-order valence-electron chi connectivity index (χ1n) is 3.85. The molecule has 14 heavy (non-hydrogen) atoms. The van der Waals surface area contributed by atoms with E-state index in [-0.39, 0.29) is 5.82 Å². The maximum Gasteiger partial charge on any atom is 0.295 e. The summed E-state index contributed by atoms with van der Waals surface area (Å²) in [7, 11) is 1.56. The molecule has 6 heteroatoms. The van der Waals surface area contributed by atoms with Gasteiger partial charge in [0.15, 0.2) is 5.82 Å². The van der Waals surface area contributed by atoms with Crippen molar-refractivity contribution >= 4 is 27.0 Å². The van der Waals surface area contributed by atoms with Gasteiger partial charge in [-0.3, -0.25) is 4.98 Å². The smallest absolute Gasteiger partial charge is 0.295 e. The van der Waals surface area contributed by atoms with E-state index in [4.69, 9.17) is 0 Å². The molecule has 0 radical (unpaired) electrons. The molecule has 0 saturated heterocycles. The number of aryl methyl sites for hydroxylation is 1. The highest BCUT2D eigenvalue weighted by molar-refractivity contribution is 9.10. The fourth-order valence-corrected chi connectivity index (χ4v) is 1.93. The number of hydrogen-bond donors (Lipinski definition) is 0. The minimum absolute atomic E-state index is 0.242. The van der Waals surface area contributed by atoms with Gasteiger partial charge in [0, 0.05) is 13.2 Å². The number of halogens is 3. The van der Waals surface area contributed by atoms with Crippen molar-refractivity contribution in [3.8, 4) is 0 Å². The number of hydrogen-bond acceptors (Lipinski definition) is 2. The summed E-state index contributed by atoms with van der Waals surface area (Å²) in [6, 6.07) is 0. The Morgan fingerprint density at radius 2 is 2.14 bits per heavy atom. The molecular formula is C8H6BrF2N3. The predicted octanol–water partition coefficient (Wildman–Crippen LogP) is 2.67. The third kappa shape index (κ3) is 1.30. The van der Waals surface area contributed by atoms with Gasteiger partial charge in [-0.1, -0.05) is 0 Å². The van der Waals surface area contributed by atoms with Crippen LogP contribution in [0.1, 0.15) is 12.2 Å². The third-order valence-corrected chi connectivity index (χ3v) is 2.54. The molecule has 0 atom stereocenters. The van der Waals surface area contributed by atoms with Gasteiger partial charge in [0.05, 0.1) is 16.2 Å². The van der Waals surface area contributed by atoms with Crippen LogP contribution >= 0.6 is 15.9 Å². The van der Waals surface area contributed by atoms with Crippen LogP contribution < -0.4 is 0 Å². The Bertz CT molecular complexity index is 481. The van der Waals surface area contributed by atoms with Crippen LogP contribution in [0.5, 0.6) is 0 Å². The molecule has 2 aromatic rings. The fraction of sp³-hybridized carbons (Fsp3) is 0.250. The summed E-state index contributed by atoms with van der Waals surface area (Å²) in [5.74, 6) is -0.242. The number of rotatable bonds is 1. The molecule has 3 nitrogen and oxygen atoms in total. The molecule has 0 spiro atoms. The van der Waals surface area contributed by atoms with Gasteiger partial charge in [-0.15, -0.1) is 0 Å². The predicted molar refractivity (Wildman–Crippen MR) is 51.2 cm³/mol. The lowest BCUT2D eigenvalue weighted by Gasteiger charge is -2.00. The van der Waals surface area contributed by atoms with Gasteiger partial charge in [-0.05, 0) is 15.9 Å². The number of aromatic nitrogens is 3. The topological polar surface area (TPSA) is 30.7 Å². The van der Waals surface area contributed by atoms with Crippen LogP contribution in [0.4, 0.5) is 8.78 Å². The normalized spacial score (nSPS) is 11.5. The Labute approximate surface area is 86.9 Å². The van der Waals surface area contributed by atoms with Crippen molar-refractivity contribution in [3.63, 3.8) is 0 Å². The molecule has 0 aliphatic heterocycles. The fourth-order valence-electron chi connectivity index (χ4n) is 1.34. The average molecular weight is 262 g/mol. The molecular weight excluding hydrogens is 256 g/mol. The molecule has 0 unspecified atom stereocenters. The van der Waals surface area contributed by atoms with E-state index in [1.165, 1.54) is 10.8 Å². The van der Waals surface area contributed by atoms with Gasteiger partial charge in [-0.2, -0.15) is 0 Å². The Morgan fingerprint density at radius 3 is 2.71 bits per heavy atom. The van der Waals surface area contributed by atoms with Gasteiger partial charge in [0.2, 0.25) is 0 Å². The van der Waals surface area contributed by atoms with Gasteiger partial charge in [-0.25, -0.2) is 13.8 Å². The van der Waals surface area contributed by atoms with Crippen molar-refractivity contribution < 1.29 is 8.78 Å². The molecule has 0 amide bonds. The lowest BCUT2D eigenvalue weighted by atomic mass is 10.4. The van der Waals surface area contributed by atoms with Gasteiger partial charge >= 0.3 is 0 Å². The molecule has 2 rings (SSSR count). The molecule has 74 valence electrons. The third-order valence-electron chi connectivity index (χ3n) is 1.96. The van der Waals surface area contributed by atoms with Crippen molar-refractivity contribution in [3.05, 3.63) is 22.7 Å². The summed E-state index contributed by atoms with van der Waals surface area (Å²) in [5.41, 5.74) is 1.10. The van der Waals surface area contributed by atoms with Crippen LogP contribution in [0, 0.1) is 0 Å². The van der Waals surface area contributed by atoms with E-state index in [9.17, 15) is 8.78 Å². The van der Waals surface area contributed by atoms with E-state index in [0.29, 0.717) is 15.5 Å². The minimum Gasteiger partial charge on any atom is -0.325 e. The SMILES string of the molecule is Cn1c(C(F)F)nc2cncc(Br)c21. The first-order valence-corrected chi connectivity index (χ1v) is 4.64. The Morgan fingerprint density at radius 1 is 1.43 bits per heavy atom. The summed E-state index contributed by atoms with van der Waals surface area (Å²) in [4.78, 5) is 7.65. The first-order chi connectivity index (χ1) is 6.61. The molecule has 0 bridgehead atoms. The maximum absolute atomic E-state index is 12.5. The molecule has 0 aromatic carbocycles. The standard InChI is InChI=1S/C8H6BrF2N3/c1-14-6-4(9)2-12-3-5(6)13-8(14)7(10)11/h2-3,7H,1H3. The second-order valence-electron chi connectivity index (χ2n) is 2.82. The van der Waals surface area contributed by atoms with Crippen molar-refractivity contribution in [1.29, 1.82) is 0 Å². The van der Waals surface area contributed by atoms with Crippen LogP contribution in [-0.4, -0.2) is 14.5 Å². The summed E-state index contributed by atoms with van der Waals surface area (Å²) >= 11 is 3.24. The van der Waals surface area contributed by atoms with Crippen molar-refractivity contribution in [2.24, 2.45) is 7.05 Å². The zero-order valence-corrected chi connectivity index (χ0v) is 8.79. The largest absolute Gasteiger partial charge is 0.325 e. The zero-order valence-electron chi connectivity index (χ0n) is 7.21. The molecule has 2 heterocycles.